The summed E-state index contributed by atoms with van der Waals surface area (Å²) in [6.45, 7) is 0. The van der Waals surface area contributed by atoms with Gasteiger partial charge in [0.15, 0.2) is 0 Å². The minimum Gasteiger partial charge on any atom is -0.355 e. The number of rotatable bonds is 2. The lowest BCUT2D eigenvalue weighted by molar-refractivity contribution is 1.54. The van der Waals surface area contributed by atoms with Gasteiger partial charge in [0.1, 0.15) is 0 Å². The third kappa shape index (κ3) is 2.23. The van der Waals surface area contributed by atoms with Gasteiger partial charge in [-0.15, -0.1) is 0 Å². The van der Waals surface area contributed by atoms with Crippen molar-refractivity contribution in [3.63, 3.8) is 0 Å². The van der Waals surface area contributed by atoms with Crippen LogP contribution in [0.3, 0.4) is 0 Å². The molecule has 1 heterocycles. The number of nitrogens with one attached hydrogen (secondary N) is 1. The van der Waals surface area contributed by atoms with E-state index in [1.807, 2.05) is 6.07 Å². The topological polar surface area (TPSA) is 15.8 Å². The first kappa shape index (κ1) is 12.0. The highest BCUT2D eigenvalue weighted by molar-refractivity contribution is 6.07. The lowest BCUT2D eigenvalue weighted by atomic mass is 10.1. The average Bonchev–Trinajstić information content (AvgIpc) is 2.92. The molecule has 0 aliphatic carbocycles. The molecule has 21 heavy (non-hydrogen) atoms. The Bertz CT molecular complexity index is 930. The van der Waals surface area contributed by atoms with Crippen LogP contribution < -0.4 is 0 Å². The largest absolute Gasteiger partial charge is 0.355 e. The van der Waals surface area contributed by atoms with Crippen molar-refractivity contribution < 1.29 is 0 Å². The first-order valence-corrected chi connectivity index (χ1v) is 7.14. The summed E-state index contributed by atoms with van der Waals surface area (Å²) in [5.74, 6) is 0. The van der Waals surface area contributed by atoms with Gasteiger partial charge in [-0.3, -0.25) is 0 Å². The number of aromatic amines is 1. The number of para-hydroxylation sites is 1. The Labute approximate surface area is 123 Å². The molecule has 0 radical (unpaired) electrons. The molecule has 1 heteroatoms. The Morgan fingerprint density at radius 2 is 1.29 bits per heavy atom. The van der Waals surface area contributed by atoms with Crippen molar-refractivity contribution in [3.05, 3.63) is 83.9 Å². The number of hydrogen-bond acceptors (Lipinski definition) is 0. The molecule has 0 fully saturated rings. The summed E-state index contributed by atoms with van der Waals surface area (Å²) in [6, 6.07) is 25.4. The summed E-state index contributed by atoms with van der Waals surface area (Å²) < 4.78 is 0. The standard InChI is InChI=1S/C20H15N/c1-2-6-15(7-3-1)10-11-16-12-13-20-18(14-16)17-8-4-5-9-19(17)21-20/h1-14,21H/b11-10+. The second kappa shape index (κ2) is 4.95. The molecule has 0 unspecified atom stereocenters. The lowest BCUT2D eigenvalue weighted by Crippen LogP contribution is -1.74. The highest BCUT2D eigenvalue weighted by atomic mass is 14.7. The van der Waals surface area contributed by atoms with Crippen LogP contribution in [0.25, 0.3) is 34.0 Å². The van der Waals surface area contributed by atoms with Crippen LogP contribution in [-0.2, 0) is 0 Å². The van der Waals surface area contributed by atoms with Crippen molar-refractivity contribution >= 4 is 34.0 Å². The van der Waals surface area contributed by atoms with E-state index in [0.717, 1.165) is 0 Å². The summed E-state index contributed by atoms with van der Waals surface area (Å²) >= 11 is 0. The van der Waals surface area contributed by atoms with Gasteiger partial charge in [0.25, 0.3) is 0 Å². The van der Waals surface area contributed by atoms with Crippen molar-refractivity contribution in [2.45, 2.75) is 0 Å². The Kier molecular flexibility index (Phi) is 2.82. The number of aromatic nitrogens is 1. The first-order valence-electron chi connectivity index (χ1n) is 7.14. The molecule has 0 aliphatic rings. The molecule has 0 amide bonds. The van der Waals surface area contributed by atoms with Crippen LogP contribution in [-0.4, -0.2) is 4.98 Å². The highest BCUT2D eigenvalue weighted by Crippen LogP contribution is 2.26. The van der Waals surface area contributed by atoms with Gasteiger partial charge in [0.2, 0.25) is 0 Å². The molecular weight excluding hydrogens is 254 g/mol. The average molecular weight is 269 g/mol. The highest BCUT2D eigenvalue weighted by Gasteiger charge is 2.03. The van der Waals surface area contributed by atoms with Crippen LogP contribution in [0.2, 0.25) is 0 Å². The molecule has 0 atom stereocenters. The lowest BCUT2D eigenvalue weighted by Gasteiger charge is -1.96. The second-order valence-corrected chi connectivity index (χ2v) is 5.22. The molecule has 4 rings (SSSR count). The van der Waals surface area contributed by atoms with Gasteiger partial charge < -0.3 is 4.98 Å². The van der Waals surface area contributed by atoms with Gasteiger partial charge in [0, 0.05) is 21.8 Å². The SMILES string of the molecule is C(=C\c1ccc2[nH]c3ccccc3c2c1)/c1ccccc1. The molecule has 0 aliphatic heterocycles. The van der Waals surface area contributed by atoms with E-state index in [1.165, 1.54) is 32.9 Å². The normalized spacial score (nSPS) is 11.6. The van der Waals surface area contributed by atoms with Crippen LogP contribution in [0.5, 0.6) is 0 Å². The van der Waals surface area contributed by atoms with E-state index in [9.17, 15) is 0 Å². The van der Waals surface area contributed by atoms with Crippen LogP contribution >= 0.6 is 0 Å². The molecular formula is C20H15N. The maximum absolute atomic E-state index is 3.45. The molecule has 4 aromatic rings. The van der Waals surface area contributed by atoms with E-state index >= 15 is 0 Å². The fraction of sp³-hybridized carbons (Fsp3) is 0. The fourth-order valence-electron chi connectivity index (χ4n) is 2.73. The summed E-state index contributed by atoms with van der Waals surface area (Å²) in [5.41, 5.74) is 4.82. The van der Waals surface area contributed by atoms with Crippen molar-refractivity contribution in [3.8, 4) is 0 Å². The third-order valence-electron chi connectivity index (χ3n) is 3.80. The van der Waals surface area contributed by atoms with Gasteiger partial charge >= 0.3 is 0 Å². The summed E-state index contributed by atoms with van der Waals surface area (Å²) in [5, 5.41) is 2.56. The number of hydrogen-bond donors (Lipinski definition) is 1. The Balaban J connectivity index is 1.80. The van der Waals surface area contributed by atoms with E-state index in [-0.39, 0.29) is 0 Å². The molecule has 0 bridgehead atoms. The van der Waals surface area contributed by atoms with Crippen molar-refractivity contribution in [1.29, 1.82) is 0 Å². The van der Waals surface area contributed by atoms with Crippen molar-refractivity contribution in [2.24, 2.45) is 0 Å². The third-order valence-corrected chi connectivity index (χ3v) is 3.80. The van der Waals surface area contributed by atoms with Crippen LogP contribution in [0.1, 0.15) is 11.1 Å². The van der Waals surface area contributed by atoms with Crippen molar-refractivity contribution in [1.82, 2.24) is 4.98 Å². The minimum atomic E-state index is 1.19. The zero-order chi connectivity index (χ0) is 14.1. The first-order chi connectivity index (χ1) is 10.4. The van der Waals surface area contributed by atoms with E-state index < -0.39 is 0 Å². The van der Waals surface area contributed by atoms with Gasteiger partial charge in [-0.25, -0.2) is 0 Å². The predicted octanol–water partition coefficient (Wildman–Crippen LogP) is 5.49. The number of benzene rings is 3. The second-order valence-electron chi connectivity index (χ2n) is 5.22. The quantitative estimate of drug-likeness (QED) is 0.463. The van der Waals surface area contributed by atoms with Gasteiger partial charge in [0.05, 0.1) is 0 Å². The van der Waals surface area contributed by atoms with E-state index in [4.69, 9.17) is 0 Å². The Morgan fingerprint density at radius 3 is 2.19 bits per heavy atom. The number of fused-ring (bicyclic) bond motifs is 3. The van der Waals surface area contributed by atoms with Gasteiger partial charge in [-0.1, -0.05) is 66.7 Å². The van der Waals surface area contributed by atoms with Crippen LogP contribution in [0.4, 0.5) is 0 Å². The molecule has 1 nitrogen and oxygen atoms in total. The Morgan fingerprint density at radius 1 is 0.571 bits per heavy atom. The van der Waals surface area contributed by atoms with Crippen molar-refractivity contribution in [2.75, 3.05) is 0 Å². The summed E-state index contributed by atoms with van der Waals surface area (Å²) in [6.07, 6.45) is 4.31. The molecule has 1 N–H and O–H groups in total. The summed E-state index contributed by atoms with van der Waals surface area (Å²) in [7, 11) is 0. The molecule has 0 saturated carbocycles. The van der Waals surface area contributed by atoms with E-state index in [2.05, 4.69) is 83.9 Å². The predicted molar refractivity (Wildman–Crippen MR) is 91.2 cm³/mol. The molecule has 1 aromatic heterocycles. The molecule has 3 aromatic carbocycles. The van der Waals surface area contributed by atoms with Crippen LogP contribution in [0.15, 0.2) is 72.8 Å². The van der Waals surface area contributed by atoms with Gasteiger partial charge in [-0.05, 0) is 29.3 Å². The van der Waals surface area contributed by atoms with E-state index in [0.29, 0.717) is 0 Å². The van der Waals surface area contributed by atoms with Crippen LogP contribution in [0, 0.1) is 0 Å². The molecule has 0 saturated heterocycles. The summed E-state index contributed by atoms with van der Waals surface area (Å²) in [4.78, 5) is 3.45. The number of H-pyrrole nitrogens is 1. The molecule has 0 spiro atoms. The minimum absolute atomic E-state index is 1.19. The maximum Gasteiger partial charge on any atom is 0.0465 e. The molecule has 100 valence electrons. The fourth-order valence-corrected chi connectivity index (χ4v) is 2.73. The van der Waals surface area contributed by atoms with E-state index in [1.54, 1.807) is 0 Å². The zero-order valence-corrected chi connectivity index (χ0v) is 11.6. The smallest absolute Gasteiger partial charge is 0.0465 e. The zero-order valence-electron chi connectivity index (χ0n) is 11.6. The Hall–Kier alpha value is -2.80. The maximum atomic E-state index is 3.45. The monoisotopic (exact) mass is 269 g/mol. The van der Waals surface area contributed by atoms with Gasteiger partial charge in [-0.2, -0.15) is 0 Å².